The van der Waals surface area contributed by atoms with E-state index in [2.05, 4.69) is 23.4 Å². The van der Waals surface area contributed by atoms with Crippen LogP contribution in [0.15, 0.2) is 0 Å². The van der Waals surface area contributed by atoms with Gasteiger partial charge in [0.15, 0.2) is 0 Å². The largest absolute Gasteiger partial charge is 0.375 e. The Bertz CT molecular complexity index is 242. The van der Waals surface area contributed by atoms with Crippen molar-refractivity contribution >= 4 is 23.5 Å². The van der Waals surface area contributed by atoms with Gasteiger partial charge in [-0.1, -0.05) is 0 Å². The van der Waals surface area contributed by atoms with Crippen LogP contribution in [0.3, 0.4) is 0 Å². The molecule has 106 valence electrons. The molecule has 0 bridgehead atoms. The molecule has 2 saturated heterocycles. The van der Waals surface area contributed by atoms with Gasteiger partial charge in [0.05, 0.1) is 5.60 Å². The minimum atomic E-state index is 0.183. The van der Waals surface area contributed by atoms with Crippen LogP contribution in [-0.2, 0) is 4.74 Å². The second kappa shape index (κ2) is 7.39. The van der Waals surface area contributed by atoms with Crippen LogP contribution < -0.4 is 11.3 Å². The maximum atomic E-state index is 6.15. The van der Waals surface area contributed by atoms with Crippen molar-refractivity contribution in [2.24, 2.45) is 11.8 Å². The van der Waals surface area contributed by atoms with Crippen molar-refractivity contribution in [2.45, 2.75) is 43.7 Å². The molecule has 1 spiro atoms. The summed E-state index contributed by atoms with van der Waals surface area (Å²) in [6.07, 6.45) is 8.17. The first-order chi connectivity index (χ1) is 8.79. The van der Waals surface area contributed by atoms with Crippen molar-refractivity contribution in [3.63, 3.8) is 0 Å². The first-order valence-corrected chi connectivity index (χ1v) is 9.51. The summed E-state index contributed by atoms with van der Waals surface area (Å²) in [6, 6.07) is 0.466. The van der Waals surface area contributed by atoms with Gasteiger partial charge in [0.25, 0.3) is 0 Å². The van der Waals surface area contributed by atoms with Crippen LogP contribution in [0, 0.1) is 5.92 Å². The molecule has 18 heavy (non-hydrogen) atoms. The Hall–Kier alpha value is 0.580. The van der Waals surface area contributed by atoms with Crippen molar-refractivity contribution in [3.8, 4) is 0 Å². The lowest BCUT2D eigenvalue weighted by molar-refractivity contribution is -0.107. The van der Waals surface area contributed by atoms with Gasteiger partial charge < -0.3 is 4.74 Å². The van der Waals surface area contributed by atoms with Gasteiger partial charge in [0.1, 0.15) is 0 Å². The summed E-state index contributed by atoms with van der Waals surface area (Å²) in [5, 5.41) is 0. The van der Waals surface area contributed by atoms with Crippen LogP contribution >= 0.6 is 23.5 Å². The minimum Gasteiger partial charge on any atom is -0.375 e. The van der Waals surface area contributed by atoms with E-state index in [4.69, 9.17) is 10.6 Å². The van der Waals surface area contributed by atoms with Crippen LogP contribution in [0.4, 0.5) is 0 Å². The normalized spacial score (nSPS) is 29.3. The molecule has 3 N–H and O–H groups in total. The highest BCUT2D eigenvalue weighted by atomic mass is 32.2. The fourth-order valence-electron chi connectivity index (χ4n) is 3.20. The lowest BCUT2D eigenvalue weighted by Gasteiger charge is -2.45. The minimum absolute atomic E-state index is 0.183. The van der Waals surface area contributed by atoms with Crippen LogP contribution in [0.1, 0.15) is 32.1 Å². The maximum Gasteiger partial charge on any atom is 0.0701 e. The molecule has 3 nitrogen and oxygen atoms in total. The molecule has 0 aromatic carbocycles. The molecule has 5 heteroatoms. The van der Waals surface area contributed by atoms with Gasteiger partial charge >= 0.3 is 0 Å². The Balaban J connectivity index is 1.91. The summed E-state index contributed by atoms with van der Waals surface area (Å²) in [7, 11) is 0. The first kappa shape index (κ1) is 15.0. The number of rotatable bonds is 5. The average Bonchev–Trinajstić information content (AvgIpc) is 2.41. The van der Waals surface area contributed by atoms with Gasteiger partial charge in [-0.3, -0.25) is 11.3 Å². The highest BCUT2D eigenvalue weighted by molar-refractivity contribution is 7.99. The third-order valence-corrected chi connectivity index (χ3v) is 5.98. The number of hydrogen-bond acceptors (Lipinski definition) is 5. The Kier molecular flexibility index (Phi) is 6.15. The van der Waals surface area contributed by atoms with E-state index in [1.165, 1.54) is 42.9 Å². The van der Waals surface area contributed by atoms with Crippen LogP contribution in [0.25, 0.3) is 0 Å². The highest BCUT2D eigenvalue weighted by Crippen LogP contribution is 2.41. The fraction of sp³-hybridized carbons (Fsp3) is 1.00. The molecule has 0 saturated carbocycles. The average molecular weight is 290 g/mol. The molecule has 0 radical (unpaired) electrons. The molecular formula is C13H26N2OS2. The van der Waals surface area contributed by atoms with E-state index >= 15 is 0 Å². The molecule has 2 rings (SSSR count). The fourth-order valence-corrected chi connectivity index (χ4v) is 4.93. The van der Waals surface area contributed by atoms with E-state index in [1.54, 1.807) is 0 Å². The number of nitrogens with one attached hydrogen (secondary N) is 1. The van der Waals surface area contributed by atoms with Crippen LogP contribution in [-0.4, -0.2) is 41.8 Å². The molecule has 0 aromatic rings. The summed E-state index contributed by atoms with van der Waals surface area (Å²) < 4.78 is 6.15. The van der Waals surface area contributed by atoms with E-state index in [1.807, 2.05) is 11.8 Å². The van der Waals surface area contributed by atoms with E-state index in [9.17, 15) is 0 Å². The predicted molar refractivity (Wildman–Crippen MR) is 82.1 cm³/mol. The molecular weight excluding hydrogens is 264 g/mol. The van der Waals surface area contributed by atoms with Crippen molar-refractivity contribution in [3.05, 3.63) is 0 Å². The van der Waals surface area contributed by atoms with Crippen molar-refractivity contribution in [1.82, 2.24) is 5.43 Å². The smallest absolute Gasteiger partial charge is 0.0701 e. The summed E-state index contributed by atoms with van der Waals surface area (Å²) in [5.41, 5.74) is 3.24. The van der Waals surface area contributed by atoms with Crippen molar-refractivity contribution in [2.75, 3.05) is 30.1 Å². The number of thioether (sulfide) groups is 2. The topological polar surface area (TPSA) is 47.3 Å². The van der Waals surface area contributed by atoms with Gasteiger partial charge in [0, 0.05) is 12.6 Å². The zero-order chi connectivity index (χ0) is 12.8. The quantitative estimate of drug-likeness (QED) is 0.601. The van der Waals surface area contributed by atoms with E-state index < -0.39 is 0 Å². The van der Waals surface area contributed by atoms with Gasteiger partial charge in [0.2, 0.25) is 0 Å². The number of ether oxygens (including phenoxy) is 1. The Labute approximate surface area is 119 Å². The lowest BCUT2D eigenvalue weighted by atomic mass is 9.78. The number of nitrogens with two attached hydrogens (primary N) is 1. The maximum absolute atomic E-state index is 6.15. The third-order valence-electron chi connectivity index (χ3n) is 4.35. The molecule has 0 aliphatic carbocycles. The standard InChI is InChI=1S/C13H26N2OS2/c1-17-7-3-12(15-14)11-2-6-16-13(10-11)4-8-18-9-5-13/h11-12,15H,2-10,14H2,1H3. The lowest BCUT2D eigenvalue weighted by Crippen LogP contribution is -2.50. The monoisotopic (exact) mass is 290 g/mol. The van der Waals surface area contributed by atoms with Crippen molar-refractivity contribution < 1.29 is 4.74 Å². The molecule has 2 aliphatic heterocycles. The second-order valence-electron chi connectivity index (χ2n) is 5.45. The molecule has 0 amide bonds. The second-order valence-corrected chi connectivity index (χ2v) is 7.66. The van der Waals surface area contributed by atoms with Gasteiger partial charge in [-0.25, -0.2) is 0 Å². The third kappa shape index (κ3) is 3.79. The number of hydrazine groups is 1. The zero-order valence-corrected chi connectivity index (χ0v) is 13.0. The molecule has 2 aliphatic rings. The summed E-state index contributed by atoms with van der Waals surface area (Å²) in [5.74, 6) is 10.2. The molecule has 2 heterocycles. The number of hydrogen-bond donors (Lipinski definition) is 2. The van der Waals surface area contributed by atoms with Crippen LogP contribution in [0.5, 0.6) is 0 Å². The zero-order valence-electron chi connectivity index (χ0n) is 11.3. The van der Waals surface area contributed by atoms with E-state index in [-0.39, 0.29) is 5.60 Å². The molecule has 2 unspecified atom stereocenters. The Morgan fingerprint density at radius 3 is 2.94 bits per heavy atom. The van der Waals surface area contributed by atoms with Crippen LogP contribution in [0.2, 0.25) is 0 Å². The Morgan fingerprint density at radius 2 is 2.28 bits per heavy atom. The first-order valence-electron chi connectivity index (χ1n) is 6.96. The van der Waals surface area contributed by atoms with Gasteiger partial charge in [-0.15, -0.1) is 0 Å². The van der Waals surface area contributed by atoms with E-state index in [0.717, 1.165) is 13.0 Å². The van der Waals surface area contributed by atoms with E-state index in [0.29, 0.717) is 12.0 Å². The predicted octanol–water partition coefficient (Wildman–Crippen LogP) is 2.26. The summed E-state index contributed by atoms with van der Waals surface area (Å²) in [4.78, 5) is 0. The summed E-state index contributed by atoms with van der Waals surface area (Å²) in [6.45, 7) is 0.923. The van der Waals surface area contributed by atoms with Gasteiger partial charge in [-0.2, -0.15) is 23.5 Å². The highest BCUT2D eigenvalue weighted by Gasteiger charge is 2.40. The van der Waals surface area contributed by atoms with Crippen molar-refractivity contribution in [1.29, 1.82) is 0 Å². The molecule has 2 atom stereocenters. The SMILES string of the molecule is CSCCC(NN)C1CCOC2(CCSCC2)C1. The Morgan fingerprint density at radius 1 is 1.50 bits per heavy atom. The van der Waals surface area contributed by atoms with Gasteiger partial charge in [-0.05, 0) is 61.5 Å². The molecule has 2 fully saturated rings. The molecule has 0 aromatic heterocycles. The summed E-state index contributed by atoms with van der Waals surface area (Å²) >= 11 is 3.97.